The van der Waals surface area contributed by atoms with Crippen molar-refractivity contribution in [2.45, 2.75) is 38.6 Å². The molecule has 1 unspecified atom stereocenters. The lowest BCUT2D eigenvalue weighted by atomic mass is 10.0. The van der Waals surface area contributed by atoms with Gasteiger partial charge in [-0.1, -0.05) is 13.0 Å². The molecule has 0 aromatic carbocycles. The highest BCUT2D eigenvalue weighted by molar-refractivity contribution is 9.10. The molecular formula is C17H22BrN3. The van der Waals surface area contributed by atoms with Crippen molar-refractivity contribution in [3.05, 3.63) is 58.6 Å². The minimum absolute atomic E-state index is 0.445. The van der Waals surface area contributed by atoms with Crippen LogP contribution < -0.4 is 5.32 Å². The molecule has 0 amide bonds. The molecule has 3 nitrogen and oxygen atoms in total. The Labute approximate surface area is 135 Å². The predicted molar refractivity (Wildman–Crippen MR) is 90.3 cm³/mol. The van der Waals surface area contributed by atoms with Crippen LogP contribution in [0.4, 0.5) is 0 Å². The fourth-order valence-electron chi connectivity index (χ4n) is 2.27. The van der Waals surface area contributed by atoms with Gasteiger partial charge in [0.05, 0.1) is 0 Å². The average molecular weight is 348 g/mol. The maximum absolute atomic E-state index is 4.48. The molecule has 112 valence electrons. The van der Waals surface area contributed by atoms with Gasteiger partial charge in [-0.2, -0.15) is 0 Å². The summed E-state index contributed by atoms with van der Waals surface area (Å²) in [6.45, 7) is 3.24. The molecule has 0 saturated heterocycles. The van der Waals surface area contributed by atoms with Crippen molar-refractivity contribution < 1.29 is 0 Å². The van der Waals surface area contributed by atoms with Gasteiger partial charge in [0.2, 0.25) is 0 Å². The molecule has 4 heteroatoms. The van der Waals surface area contributed by atoms with Crippen LogP contribution in [0, 0.1) is 0 Å². The zero-order chi connectivity index (χ0) is 14.9. The van der Waals surface area contributed by atoms with E-state index in [0.29, 0.717) is 6.04 Å². The van der Waals surface area contributed by atoms with Gasteiger partial charge in [0.1, 0.15) is 0 Å². The molecule has 0 aliphatic carbocycles. The molecule has 0 aliphatic heterocycles. The molecule has 0 bridgehead atoms. The first-order valence-corrected chi connectivity index (χ1v) is 8.31. The van der Waals surface area contributed by atoms with Gasteiger partial charge < -0.3 is 5.32 Å². The van der Waals surface area contributed by atoms with Crippen molar-refractivity contribution in [3.63, 3.8) is 0 Å². The number of nitrogens with one attached hydrogen (secondary N) is 1. The van der Waals surface area contributed by atoms with E-state index < -0.39 is 0 Å². The fraction of sp³-hybridized carbons (Fsp3) is 0.412. The molecule has 2 aromatic heterocycles. The third kappa shape index (κ3) is 5.94. The first-order chi connectivity index (χ1) is 10.3. The second kappa shape index (κ2) is 8.90. The van der Waals surface area contributed by atoms with E-state index in [1.807, 2.05) is 24.5 Å². The first kappa shape index (κ1) is 16.1. The molecule has 1 atom stereocenters. The zero-order valence-corrected chi connectivity index (χ0v) is 14.0. The lowest BCUT2D eigenvalue weighted by Gasteiger charge is -2.18. The van der Waals surface area contributed by atoms with Crippen LogP contribution in [-0.4, -0.2) is 22.6 Å². The van der Waals surface area contributed by atoms with Gasteiger partial charge in [-0.15, -0.1) is 0 Å². The fourth-order valence-corrected chi connectivity index (χ4v) is 2.51. The largest absolute Gasteiger partial charge is 0.314 e. The van der Waals surface area contributed by atoms with E-state index in [9.17, 15) is 0 Å². The Morgan fingerprint density at radius 3 is 2.71 bits per heavy atom. The molecular weight excluding hydrogens is 326 g/mol. The van der Waals surface area contributed by atoms with Crippen LogP contribution in [0.3, 0.4) is 0 Å². The van der Waals surface area contributed by atoms with E-state index >= 15 is 0 Å². The van der Waals surface area contributed by atoms with Gasteiger partial charge in [0, 0.05) is 40.7 Å². The quantitative estimate of drug-likeness (QED) is 0.789. The number of hydrogen-bond donors (Lipinski definition) is 1. The SMILES string of the molecule is CCCNC(CCc1ccccn1)Cc1ccc(Br)cn1. The highest BCUT2D eigenvalue weighted by Gasteiger charge is 2.10. The monoisotopic (exact) mass is 347 g/mol. The van der Waals surface area contributed by atoms with E-state index in [2.05, 4.69) is 56.3 Å². The highest BCUT2D eigenvalue weighted by Crippen LogP contribution is 2.11. The number of rotatable bonds is 8. The summed E-state index contributed by atoms with van der Waals surface area (Å²) in [6.07, 6.45) is 7.91. The third-order valence-corrected chi connectivity index (χ3v) is 3.87. The van der Waals surface area contributed by atoms with Gasteiger partial charge >= 0.3 is 0 Å². The maximum Gasteiger partial charge on any atom is 0.0419 e. The van der Waals surface area contributed by atoms with E-state index in [0.717, 1.165) is 48.1 Å². The van der Waals surface area contributed by atoms with Crippen molar-refractivity contribution in [1.82, 2.24) is 15.3 Å². The molecule has 2 heterocycles. The average Bonchev–Trinajstić information content (AvgIpc) is 2.53. The van der Waals surface area contributed by atoms with Gasteiger partial charge in [-0.25, -0.2) is 0 Å². The Hall–Kier alpha value is -1.26. The third-order valence-electron chi connectivity index (χ3n) is 3.40. The van der Waals surface area contributed by atoms with Crippen LogP contribution in [0.15, 0.2) is 47.2 Å². The number of aryl methyl sites for hydroxylation is 1. The Balaban J connectivity index is 1.92. The number of aromatic nitrogens is 2. The summed E-state index contributed by atoms with van der Waals surface area (Å²) in [5.41, 5.74) is 2.29. The molecule has 21 heavy (non-hydrogen) atoms. The van der Waals surface area contributed by atoms with Gasteiger partial charge in [-0.05, 0) is 66.0 Å². The Morgan fingerprint density at radius 2 is 2.05 bits per heavy atom. The molecule has 0 saturated carbocycles. The predicted octanol–water partition coefficient (Wildman–Crippen LogP) is 3.78. The number of halogens is 1. The number of pyridine rings is 2. The summed E-state index contributed by atoms with van der Waals surface area (Å²) >= 11 is 3.43. The zero-order valence-electron chi connectivity index (χ0n) is 12.4. The van der Waals surface area contributed by atoms with Crippen molar-refractivity contribution in [2.24, 2.45) is 0 Å². The van der Waals surface area contributed by atoms with Crippen molar-refractivity contribution in [3.8, 4) is 0 Å². The second-order valence-electron chi connectivity index (χ2n) is 5.18. The summed E-state index contributed by atoms with van der Waals surface area (Å²) < 4.78 is 1.03. The van der Waals surface area contributed by atoms with Crippen LogP contribution >= 0.6 is 15.9 Å². The Bertz CT molecular complexity index is 513. The number of nitrogens with zero attached hydrogens (tertiary/aromatic N) is 2. The van der Waals surface area contributed by atoms with E-state index in [1.165, 1.54) is 0 Å². The molecule has 1 N–H and O–H groups in total. The van der Waals surface area contributed by atoms with Crippen LogP contribution in [-0.2, 0) is 12.8 Å². The smallest absolute Gasteiger partial charge is 0.0419 e. The second-order valence-corrected chi connectivity index (χ2v) is 6.10. The standard InChI is InChI=1S/C17H22BrN3/c1-2-10-19-16(9-8-15-5-3-4-11-20-15)12-17-7-6-14(18)13-21-17/h3-7,11,13,16,19H,2,8-10,12H2,1H3. The van der Waals surface area contributed by atoms with Gasteiger partial charge in [0.15, 0.2) is 0 Å². The lowest BCUT2D eigenvalue weighted by Crippen LogP contribution is -2.32. The van der Waals surface area contributed by atoms with Crippen LogP contribution in [0.2, 0.25) is 0 Å². The van der Waals surface area contributed by atoms with Crippen LogP contribution in [0.25, 0.3) is 0 Å². The molecule has 0 aliphatic rings. The van der Waals surface area contributed by atoms with Crippen molar-refractivity contribution >= 4 is 15.9 Å². The normalized spacial score (nSPS) is 12.3. The maximum atomic E-state index is 4.48. The van der Waals surface area contributed by atoms with E-state index in [-0.39, 0.29) is 0 Å². The van der Waals surface area contributed by atoms with E-state index in [4.69, 9.17) is 0 Å². The highest BCUT2D eigenvalue weighted by atomic mass is 79.9. The number of hydrogen-bond acceptors (Lipinski definition) is 3. The minimum Gasteiger partial charge on any atom is -0.314 e. The van der Waals surface area contributed by atoms with Crippen molar-refractivity contribution in [2.75, 3.05) is 6.54 Å². The molecule has 0 fully saturated rings. The summed E-state index contributed by atoms with van der Waals surface area (Å²) in [5, 5.41) is 3.62. The topological polar surface area (TPSA) is 37.8 Å². The van der Waals surface area contributed by atoms with Gasteiger partial charge in [0.25, 0.3) is 0 Å². The Kier molecular flexibility index (Phi) is 6.83. The molecule has 2 aromatic rings. The molecule has 2 rings (SSSR count). The summed E-state index contributed by atoms with van der Waals surface area (Å²) in [4.78, 5) is 8.88. The minimum atomic E-state index is 0.445. The van der Waals surface area contributed by atoms with E-state index in [1.54, 1.807) is 0 Å². The molecule has 0 spiro atoms. The van der Waals surface area contributed by atoms with Crippen LogP contribution in [0.1, 0.15) is 31.2 Å². The first-order valence-electron chi connectivity index (χ1n) is 7.51. The van der Waals surface area contributed by atoms with Crippen molar-refractivity contribution in [1.29, 1.82) is 0 Å². The lowest BCUT2D eigenvalue weighted by molar-refractivity contribution is 0.472. The Morgan fingerprint density at radius 1 is 1.14 bits per heavy atom. The summed E-state index contributed by atoms with van der Waals surface area (Å²) in [7, 11) is 0. The molecule has 0 radical (unpaired) electrons. The summed E-state index contributed by atoms with van der Waals surface area (Å²) in [5.74, 6) is 0. The van der Waals surface area contributed by atoms with Gasteiger partial charge in [-0.3, -0.25) is 9.97 Å². The summed E-state index contributed by atoms with van der Waals surface area (Å²) in [6, 6.07) is 10.7. The van der Waals surface area contributed by atoms with Crippen LogP contribution in [0.5, 0.6) is 0 Å².